The van der Waals surface area contributed by atoms with Crippen molar-refractivity contribution in [3.05, 3.63) is 57.3 Å². The van der Waals surface area contributed by atoms with Gasteiger partial charge in [0.25, 0.3) is 0 Å². The number of ether oxygens (including phenoxy) is 1. The molecule has 0 amide bonds. The van der Waals surface area contributed by atoms with Gasteiger partial charge in [0.15, 0.2) is 0 Å². The molecule has 0 aliphatic carbocycles. The van der Waals surface area contributed by atoms with Crippen LogP contribution in [0.2, 0.25) is 5.02 Å². The van der Waals surface area contributed by atoms with Gasteiger partial charge < -0.3 is 10.1 Å². The van der Waals surface area contributed by atoms with Gasteiger partial charge in [-0.2, -0.15) is 0 Å². The molecule has 0 unspecified atom stereocenters. The van der Waals surface area contributed by atoms with Crippen LogP contribution >= 0.6 is 27.5 Å². The molecular formula is C14H12BrClFNO. The minimum absolute atomic E-state index is 0.280. The Kier molecular flexibility index (Phi) is 4.66. The van der Waals surface area contributed by atoms with Crippen molar-refractivity contribution in [1.29, 1.82) is 0 Å². The summed E-state index contributed by atoms with van der Waals surface area (Å²) in [6.07, 6.45) is 0. The number of hydrogen-bond donors (Lipinski definition) is 1. The lowest BCUT2D eigenvalue weighted by molar-refractivity contribution is 0.416. The first-order valence-corrected chi connectivity index (χ1v) is 6.79. The molecule has 2 nitrogen and oxygen atoms in total. The number of methoxy groups -OCH3 is 1. The molecule has 0 heterocycles. The summed E-state index contributed by atoms with van der Waals surface area (Å²) < 4.78 is 19.1. The van der Waals surface area contributed by atoms with Gasteiger partial charge in [-0.1, -0.05) is 23.7 Å². The molecule has 19 heavy (non-hydrogen) atoms. The third-order valence-electron chi connectivity index (χ3n) is 2.66. The van der Waals surface area contributed by atoms with Crippen molar-refractivity contribution in [3.63, 3.8) is 0 Å². The van der Waals surface area contributed by atoms with E-state index in [9.17, 15) is 4.39 Å². The van der Waals surface area contributed by atoms with Gasteiger partial charge in [-0.25, -0.2) is 4.39 Å². The summed E-state index contributed by atoms with van der Waals surface area (Å²) in [5.41, 5.74) is 1.59. The zero-order valence-corrected chi connectivity index (χ0v) is 12.6. The maximum Gasteiger partial charge on any atom is 0.142 e. The van der Waals surface area contributed by atoms with Gasteiger partial charge in [-0.15, -0.1) is 0 Å². The molecular weight excluding hydrogens is 333 g/mol. The van der Waals surface area contributed by atoms with Crippen LogP contribution in [0.15, 0.2) is 40.9 Å². The first-order chi connectivity index (χ1) is 9.11. The van der Waals surface area contributed by atoms with Crippen molar-refractivity contribution >= 4 is 33.2 Å². The second kappa shape index (κ2) is 6.26. The van der Waals surface area contributed by atoms with E-state index in [2.05, 4.69) is 21.2 Å². The molecule has 100 valence electrons. The van der Waals surface area contributed by atoms with Crippen LogP contribution in [0.25, 0.3) is 0 Å². The van der Waals surface area contributed by atoms with Crippen molar-refractivity contribution in [2.45, 2.75) is 6.54 Å². The van der Waals surface area contributed by atoms with Gasteiger partial charge in [-0.3, -0.25) is 0 Å². The smallest absolute Gasteiger partial charge is 0.142 e. The molecule has 0 saturated carbocycles. The van der Waals surface area contributed by atoms with Gasteiger partial charge in [0, 0.05) is 11.6 Å². The maximum absolute atomic E-state index is 13.4. The molecule has 0 aliphatic heterocycles. The highest BCUT2D eigenvalue weighted by atomic mass is 79.9. The average Bonchev–Trinajstić information content (AvgIpc) is 2.40. The van der Waals surface area contributed by atoms with Crippen LogP contribution in [-0.2, 0) is 6.54 Å². The lowest BCUT2D eigenvalue weighted by Gasteiger charge is -2.12. The summed E-state index contributed by atoms with van der Waals surface area (Å²) >= 11 is 9.18. The number of benzene rings is 2. The van der Waals surface area contributed by atoms with Crippen molar-refractivity contribution in [2.75, 3.05) is 12.4 Å². The summed E-state index contributed by atoms with van der Waals surface area (Å²) in [5.74, 6) is 0.411. The van der Waals surface area contributed by atoms with Gasteiger partial charge in [0.1, 0.15) is 11.6 Å². The van der Waals surface area contributed by atoms with Crippen molar-refractivity contribution in [2.24, 2.45) is 0 Å². The fourth-order valence-corrected chi connectivity index (χ4v) is 2.27. The standard InChI is InChI=1S/C14H12BrClFNO/c1-19-13-6-5-10(16)7-12(13)18-8-9-3-2-4-11(17)14(9)15/h2-7,18H,8H2,1H3. The SMILES string of the molecule is COc1ccc(Cl)cc1NCc1cccc(F)c1Br. The maximum atomic E-state index is 13.4. The molecule has 2 aromatic rings. The molecule has 2 aromatic carbocycles. The summed E-state index contributed by atoms with van der Waals surface area (Å²) in [4.78, 5) is 0. The van der Waals surface area contributed by atoms with Crippen LogP contribution in [0.3, 0.4) is 0 Å². The number of rotatable bonds is 4. The Morgan fingerprint density at radius 1 is 1.32 bits per heavy atom. The summed E-state index contributed by atoms with van der Waals surface area (Å²) in [5, 5.41) is 3.80. The van der Waals surface area contributed by atoms with Crippen LogP contribution in [0.5, 0.6) is 5.75 Å². The lowest BCUT2D eigenvalue weighted by atomic mass is 10.2. The Balaban J connectivity index is 2.18. The molecule has 0 aliphatic rings. The summed E-state index contributed by atoms with van der Waals surface area (Å²) in [7, 11) is 1.59. The summed E-state index contributed by atoms with van der Waals surface area (Å²) in [6, 6.07) is 10.2. The summed E-state index contributed by atoms with van der Waals surface area (Å²) in [6.45, 7) is 0.467. The van der Waals surface area contributed by atoms with E-state index in [-0.39, 0.29) is 5.82 Å². The average molecular weight is 345 g/mol. The van der Waals surface area contributed by atoms with E-state index in [1.54, 1.807) is 31.4 Å². The van der Waals surface area contributed by atoms with E-state index in [4.69, 9.17) is 16.3 Å². The second-order valence-corrected chi connectivity index (χ2v) is 5.14. The van der Waals surface area contributed by atoms with Crippen molar-refractivity contribution in [1.82, 2.24) is 0 Å². The predicted molar refractivity (Wildman–Crippen MR) is 79.4 cm³/mol. The normalized spacial score (nSPS) is 10.3. The van der Waals surface area contributed by atoms with Crippen LogP contribution < -0.4 is 10.1 Å². The van der Waals surface area contributed by atoms with E-state index < -0.39 is 0 Å². The van der Waals surface area contributed by atoms with Crippen LogP contribution in [0.1, 0.15) is 5.56 Å². The molecule has 0 radical (unpaired) electrons. The minimum Gasteiger partial charge on any atom is -0.495 e. The molecule has 0 aromatic heterocycles. The zero-order chi connectivity index (χ0) is 13.8. The Morgan fingerprint density at radius 3 is 2.84 bits per heavy atom. The van der Waals surface area contributed by atoms with Crippen LogP contribution in [0.4, 0.5) is 10.1 Å². The fraction of sp³-hybridized carbons (Fsp3) is 0.143. The van der Waals surface area contributed by atoms with E-state index in [1.807, 2.05) is 6.07 Å². The topological polar surface area (TPSA) is 21.3 Å². The Labute approximate surface area is 124 Å². The second-order valence-electron chi connectivity index (χ2n) is 3.91. The van der Waals surface area contributed by atoms with E-state index in [1.165, 1.54) is 6.07 Å². The minimum atomic E-state index is -0.280. The van der Waals surface area contributed by atoms with Gasteiger partial charge in [0.2, 0.25) is 0 Å². The molecule has 0 saturated heterocycles. The zero-order valence-electron chi connectivity index (χ0n) is 10.2. The largest absolute Gasteiger partial charge is 0.495 e. The molecule has 2 rings (SSSR count). The highest BCUT2D eigenvalue weighted by Crippen LogP contribution is 2.29. The number of anilines is 1. The molecule has 0 fully saturated rings. The Morgan fingerprint density at radius 2 is 2.11 bits per heavy atom. The number of nitrogens with one attached hydrogen (secondary N) is 1. The Bertz CT molecular complexity index is 592. The number of halogens is 3. The highest BCUT2D eigenvalue weighted by molar-refractivity contribution is 9.10. The van der Waals surface area contributed by atoms with Gasteiger partial charge in [-0.05, 0) is 45.8 Å². The molecule has 0 spiro atoms. The monoisotopic (exact) mass is 343 g/mol. The van der Waals surface area contributed by atoms with Crippen LogP contribution in [-0.4, -0.2) is 7.11 Å². The first kappa shape index (κ1) is 14.2. The molecule has 0 atom stereocenters. The Hall–Kier alpha value is -1.26. The quantitative estimate of drug-likeness (QED) is 0.855. The third kappa shape index (κ3) is 3.39. The first-order valence-electron chi connectivity index (χ1n) is 5.62. The van der Waals surface area contributed by atoms with E-state index in [0.717, 1.165) is 11.3 Å². The predicted octanol–water partition coefficient (Wildman–Crippen LogP) is 4.86. The van der Waals surface area contributed by atoms with Gasteiger partial charge >= 0.3 is 0 Å². The fourth-order valence-electron chi connectivity index (χ4n) is 1.69. The highest BCUT2D eigenvalue weighted by Gasteiger charge is 2.07. The van der Waals surface area contributed by atoms with Crippen molar-refractivity contribution < 1.29 is 9.13 Å². The van der Waals surface area contributed by atoms with Crippen molar-refractivity contribution in [3.8, 4) is 5.75 Å². The van der Waals surface area contributed by atoms with Gasteiger partial charge in [0.05, 0.1) is 17.3 Å². The molecule has 1 N–H and O–H groups in total. The van der Waals surface area contributed by atoms with E-state index >= 15 is 0 Å². The molecule has 0 bridgehead atoms. The molecule has 5 heteroatoms. The number of hydrogen-bond acceptors (Lipinski definition) is 2. The van der Waals surface area contributed by atoms with E-state index in [0.29, 0.717) is 21.8 Å². The van der Waals surface area contributed by atoms with Crippen LogP contribution in [0, 0.1) is 5.82 Å². The third-order valence-corrected chi connectivity index (χ3v) is 3.79. The lowest BCUT2D eigenvalue weighted by Crippen LogP contribution is -2.02.